The van der Waals surface area contributed by atoms with Crippen LogP contribution in [0.3, 0.4) is 0 Å². The Balaban J connectivity index is 1.86. The van der Waals surface area contributed by atoms with Crippen LogP contribution in [0.2, 0.25) is 0 Å². The summed E-state index contributed by atoms with van der Waals surface area (Å²) in [6, 6.07) is 8.20. The van der Waals surface area contributed by atoms with Gasteiger partial charge in [0.2, 0.25) is 0 Å². The van der Waals surface area contributed by atoms with Crippen LogP contribution in [0.25, 0.3) is 0 Å². The third-order valence-corrected chi connectivity index (χ3v) is 4.17. The molecule has 2 aromatic rings. The second-order valence-electron chi connectivity index (χ2n) is 5.93. The Morgan fingerprint density at radius 2 is 1.96 bits per heavy atom. The maximum absolute atomic E-state index is 12.2. The summed E-state index contributed by atoms with van der Waals surface area (Å²) in [6.45, 7) is 3.91. The van der Waals surface area contributed by atoms with Crippen LogP contribution in [0.1, 0.15) is 21.8 Å². The van der Waals surface area contributed by atoms with Gasteiger partial charge in [0.25, 0.3) is 0 Å². The first-order valence-electron chi connectivity index (χ1n) is 7.56. The fraction of sp³-hybridized carbons (Fsp3) is 0.412. The molecule has 0 radical (unpaired) electrons. The summed E-state index contributed by atoms with van der Waals surface area (Å²) in [5, 5.41) is 5.97. The van der Waals surface area contributed by atoms with Gasteiger partial charge >= 0.3 is 6.03 Å². The van der Waals surface area contributed by atoms with Crippen LogP contribution in [-0.2, 0) is 19.6 Å². The van der Waals surface area contributed by atoms with Gasteiger partial charge in [0, 0.05) is 25.5 Å². The number of nitrogens with one attached hydrogen (secondary N) is 1. The first-order valence-corrected chi connectivity index (χ1v) is 8.44. The molecular formula is C17H24N4OS. The Bertz CT molecular complexity index is 654. The van der Waals surface area contributed by atoms with Crippen LogP contribution in [0.4, 0.5) is 4.79 Å². The van der Waals surface area contributed by atoms with E-state index in [-0.39, 0.29) is 6.03 Å². The summed E-state index contributed by atoms with van der Waals surface area (Å²) in [7, 11) is 5.87. The van der Waals surface area contributed by atoms with Crippen molar-refractivity contribution in [2.75, 3.05) is 21.1 Å². The lowest BCUT2D eigenvalue weighted by molar-refractivity contribution is 0.206. The van der Waals surface area contributed by atoms with Gasteiger partial charge < -0.3 is 15.1 Å². The molecule has 1 aromatic heterocycles. The largest absolute Gasteiger partial charge is 0.334 e. The van der Waals surface area contributed by atoms with Gasteiger partial charge in [-0.25, -0.2) is 9.78 Å². The van der Waals surface area contributed by atoms with E-state index in [4.69, 9.17) is 0 Å². The highest BCUT2D eigenvalue weighted by molar-refractivity contribution is 7.09. The second kappa shape index (κ2) is 8.08. The molecule has 1 N–H and O–H groups in total. The number of hydrogen-bond donors (Lipinski definition) is 1. The monoisotopic (exact) mass is 332 g/mol. The molecule has 0 saturated carbocycles. The fourth-order valence-electron chi connectivity index (χ4n) is 2.31. The molecule has 0 bridgehead atoms. The maximum atomic E-state index is 12.2. The Labute approximate surface area is 141 Å². The summed E-state index contributed by atoms with van der Waals surface area (Å²) < 4.78 is 0. The molecule has 0 spiro atoms. The third kappa shape index (κ3) is 5.65. The van der Waals surface area contributed by atoms with E-state index in [1.807, 2.05) is 38.5 Å². The molecule has 0 aliphatic carbocycles. The van der Waals surface area contributed by atoms with Crippen LogP contribution in [0, 0.1) is 6.92 Å². The molecule has 0 atom stereocenters. The van der Waals surface area contributed by atoms with E-state index in [0.29, 0.717) is 13.1 Å². The number of thiazole rings is 1. The first kappa shape index (κ1) is 17.4. The molecule has 124 valence electrons. The minimum absolute atomic E-state index is 0.0892. The molecule has 23 heavy (non-hydrogen) atoms. The van der Waals surface area contributed by atoms with Crippen LogP contribution in [0.15, 0.2) is 29.6 Å². The number of rotatable bonds is 6. The number of amides is 2. The lowest BCUT2D eigenvalue weighted by Gasteiger charge is -2.17. The fourth-order valence-corrected chi connectivity index (χ4v) is 2.92. The SMILES string of the molecule is Cc1nc(CN(C)C(=O)NCc2cccc(CN(C)C)c2)cs1. The summed E-state index contributed by atoms with van der Waals surface area (Å²) in [5.74, 6) is 0. The van der Waals surface area contributed by atoms with Crippen molar-refractivity contribution in [2.24, 2.45) is 0 Å². The number of urea groups is 1. The average Bonchev–Trinajstić information content (AvgIpc) is 2.89. The molecule has 2 rings (SSSR count). The summed E-state index contributed by atoms with van der Waals surface area (Å²) >= 11 is 1.60. The number of nitrogens with zero attached hydrogens (tertiary/aromatic N) is 3. The van der Waals surface area contributed by atoms with E-state index in [1.54, 1.807) is 23.3 Å². The van der Waals surface area contributed by atoms with E-state index in [9.17, 15) is 4.79 Å². The van der Waals surface area contributed by atoms with Crippen molar-refractivity contribution in [2.45, 2.75) is 26.6 Å². The van der Waals surface area contributed by atoms with Crippen molar-refractivity contribution in [1.29, 1.82) is 0 Å². The number of carbonyl (C=O) groups is 1. The lowest BCUT2D eigenvalue weighted by atomic mass is 10.1. The minimum Gasteiger partial charge on any atom is -0.334 e. The van der Waals surface area contributed by atoms with E-state index >= 15 is 0 Å². The maximum Gasteiger partial charge on any atom is 0.317 e. The summed E-state index contributed by atoms with van der Waals surface area (Å²) in [5.41, 5.74) is 3.28. The van der Waals surface area contributed by atoms with Gasteiger partial charge in [-0.05, 0) is 32.1 Å². The van der Waals surface area contributed by atoms with Crippen LogP contribution in [-0.4, -0.2) is 42.0 Å². The normalized spacial score (nSPS) is 10.8. The number of benzene rings is 1. The van der Waals surface area contributed by atoms with Gasteiger partial charge in [0.15, 0.2) is 0 Å². The van der Waals surface area contributed by atoms with E-state index in [1.165, 1.54) is 5.56 Å². The Morgan fingerprint density at radius 3 is 2.61 bits per heavy atom. The van der Waals surface area contributed by atoms with Crippen molar-refractivity contribution in [3.05, 3.63) is 51.5 Å². The van der Waals surface area contributed by atoms with Crippen molar-refractivity contribution in [1.82, 2.24) is 20.1 Å². The Kier molecular flexibility index (Phi) is 6.12. The zero-order valence-electron chi connectivity index (χ0n) is 14.2. The first-order chi connectivity index (χ1) is 10.9. The Hall–Kier alpha value is -1.92. The quantitative estimate of drug-likeness (QED) is 0.885. The van der Waals surface area contributed by atoms with Gasteiger partial charge in [-0.1, -0.05) is 24.3 Å². The highest BCUT2D eigenvalue weighted by Crippen LogP contribution is 2.10. The van der Waals surface area contributed by atoms with Crippen LogP contribution >= 0.6 is 11.3 Å². The zero-order chi connectivity index (χ0) is 16.8. The smallest absolute Gasteiger partial charge is 0.317 e. The average molecular weight is 332 g/mol. The van der Waals surface area contributed by atoms with Crippen LogP contribution < -0.4 is 5.32 Å². The molecule has 1 heterocycles. The molecular weight excluding hydrogens is 308 g/mol. The molecule has 0 unspecified atom stereocenters. The lowest BCUT2D eigenvalue weighted by Crippen LogP contribution is -2.36. The number of aromatic nitrogens is 1. The number of aryl methyl sites for hydroxylation is 1. The predicted octanol–water partition coefficient (Wildman–Crippen LogP) is 2.85. The third-order valence-electron chi connectivity index (χ3n) is 3.35. The van der Waals surface area contributed by atoms with Crippen molar-refractivity contribution in [3.63, 3.8) is 0 Å². The van der Waals surface area contributed by atoms with Gasteiger partial charge in [-0.3, -0.25) is 0 Å². The number of hydrogen-bond acceptors (Lipinski definition) is 4. The van der Waals surface area contributed by atoms with Crippen molar-refractivity contribution in [3.8, 4) is 0 Å². The molecule has 1 aromatic carbocycles. The highest BCUT2D eigenvalue weighted by Gasteiger charge is 2.10. The zero-order valence-corrected chi connectivity index (χ0v) is 15.0. The molecule has 6 heteroatoms. The number of carbonyl (C=O) groups excluding carboxylic acids is 1. The van der Waals surface area contributed by atoms with Crippen molar-refractivity contribution < 1.29 is 4.79 Å². The van der Waals surface area contributed by atoms with Gasteiger partial charge in [-0.15, -0.1) is 11.3 Å². The molecule has 2 amide bonds. The van der Waals surface area contributed by atoms with Crippen molar-refractivity contribution >= 4 is 17.4 Å². The van der Waals surface area contributed by atoms with E-state index in [2.05, 4.69) is 27.3 Å². The summed E-state index contributed by atoms with van der Waals surface area (Å²) in [6.07, 6.45) is 0. The molecule has 0 saturated heterocycles. The van der Waals surface area contributed by atoms with Gasteiger partial charge in [0.05, 0.1) is 17.2 Å². The second-order valence-corrected chi connectivity index (χ2v) is 6.99. The molecule has 5 nitrogen and oxygen atoms in total. The van der Waals surface area contributed by atoms with Crippen LogP contribution in [0.5, 0.6) is 0 Å². The minimum atomic E-state index is -0.0892. The Morgan fingerprint density at radius 1 is 1.22 bits per heavy atom. The standard InChI is InChI=1S/C17H24N4OS/c1-13-19-16(12-23-13)11-21(4)17(22)18-9-14-6-5-7-15(8-14)10-20(2)3/h5-8,12H,9-11H2,1-4H3,(H,18,22). The molecule has 0 aliphatic heterocycles. The molecule has 0 aliphatic rings. The van der Waals surface area contributed by atoms with Gasteiger partial charge in [0.1, 0.15) is 0 Å². The van der Waals surface area contributed by atoms with Gasteiger partial charge in [-0.2, -0.15) is 0 Å². The predicted molar refractivity (Wildman–Crippen MR) is 94.4 cm³/mol. The molecule has 0 fully saturated rings. The highest BCUT2D eigenvalue weighted by atomic mass is 32.1. The van der Waals surface area contributed by atoms with E-state index in [0.717, 1.165) is 22.8 Å². The van der Waals surface area contributed by atoms with E-state index < -0.39 is 0 Å². The topological polar surface area (TPSA) is 48.5 Å². The summed E-state index contributed by atoms with van der Waals surface area (Å²) in [4.78, 5) is 20.3.